The lowest BCUT2D eigenvalue weighted by Gasteiger charge is -2.26. The molecule has 2 rings (SSSR count). The van der Waals surface area contributed by atoms with Crippen molar-refractivity contribution in [2.24, 2.45) is 5.92 Å². The van der Waals surface area contributed by atoms with E-state index in [4.69, 9.17) is 21.1 Å². The van der Waals surface area contributed by atoms with Crippen molar-refractivity contribution in [1.29, 1.82) is 0 Å². The number of nitrogens with zero attached hydrogens (tertiary/aromatic N) is 1. The topological polar surface area (TPSA) is 41.9 Å². The number of ether oxygens (including phenoxy) is 2. The molecule has 0 heterocycles. The average Bonchev–Trinajstić information content (AvgIpc) is 2.66. The summed E-state index contributed by atoms with van der Waals surface area (Å²) >= 11 is 5.88. The zero-order valence-electron chi connectivity index (χ0n) is 16.4. The van der Waals surface area contributed by atoms with Crippen molar-refractivity contribution in [2.45, 2.75) is 32.9 Å². The molecule has 0 fully saturated rings. The van der Waals surface area contributed by atoms with E-state index < -0.39 is 6.10 Å². The number of aliphatic hydroxyl groups is 1. The smallest absolute Gasteiger partial charge is 0.123 e. The van der Waals surface area contributed by atoms with Gasteiger partial charge in [-0.2, -0.15) is 0 Å². The number of methoxy groups -OCH3 is 1. The van der Waals surface area contributed by atoms with Gasteiger partial charge in [0, 0.05) is 23.7 Å². The minimum atomic E-state index is -0.581. The molecule has 4 nitrogen and oxygen atoms in total. The molecule has 0 saturated carbocycles. The van der Waals surface area contributed by atoms with Crippen LogP contribution >= 0.6 is 11.6 Å². The molecule has 0 radical (unpaired) electrons. The lowest BCUT2D eigenvalue weighted by molar-refractivity contribution is 0.0637. The van der Waals surface area contributed by atoms with Crippen LogP contribution in [0.3, 0.4) is 0 Å². The van der Waals surface area contributed by atoms with Crippen LogP contribution in [0, 0.1) is 5.92 Å². The van der Waals surface area contributed by atoms with Crippen LogP contribution in [0.2, 0.25) is 5.02 Å². The molecule has 0 bridgehead atoms. The van der Waals surface area contributed by atoms with Gasteiger partial charge in [0.2, 0.25) is 0 Å². The number of para-hydroxylation sites is 1. The van der Waals surface area contributed by atoms with Gasteiger partial charge in [0.25, 0.3) is 0 Å². The minimum Gasteiger partial charge on any atom is -0.496 e. The van der Waals surface area contributed by atoms with Crippen LogP contribution in [-0.4, -0.2) is 42.9 Å². The first-order valence-electron chi connectivity index (χ1n) is 9.38. The van der Waals surface area contributed by atoms with Gasteiger partial charge in [-0.3, -0.25) is 4.90 Å². The largest absolute Gasteiger partial charge is 0.496 e. The third-order valence-corrected chi connectivity index (χ3v) is 4.59. The van der Waals surface area contributed by atoms with E-state index in [0.717, 1.165) is 30.8 Å². The maximum atomic E-state index is 10.5. The normalized spacial score (nSPS) is 12.4. The number of benzene rings is 2. The summed E-state index contributed by atoms with van der Waals surface area (Å²) in [4.78, 5) is 2.26. The molecule has 27 heavy (non-hydrogen) atoms. The van der Waals surface area contributed by atoms with Crippen molar-refractivity contribution >= 4 is 11.6 Å². The first-order chi connectivity index (χ1) is 13.0. The van der Waals surface area contributed by atoms with Crippen LogP contribution in [0.1, 0.15) is 25.8 Å². The molecule has 0 aromatic heterocycles. The van der Waals surface area contributed by atoms with Gasteiger partial charge in [0.15, 0.2) is 0 Å². The van der Waals surface area contributed by atoms with E-state index in [-0.39, 0.29) is 6.61 Å². The van der Waals surface area contributed by atoms with Crippen molar-refractivity contribution in [2.75, 3.05) is 26.8 Å². The third-order valence-electron chi connectivity index (χ3n) is 4.33. The number of halogens is 1. The maximum Gasteiger partial charge on any atom is 0.123 e. The lowest BCUT2D eigenvalue weighted by Crippen LogP contribution is -2.36. The number of hydrogen-bond donors (Lipinski definition) is 1. The first kappa shape index (κ1) is 21.5. The highest BCUT2D eigenvalue weighted by atomic mass is 35.5. The molecule has 0 spiro atoms. The van der Waals surface area contributed by atoms with Gasteiger partial charge in [0.05, 0.1) is 7.11 Å². The summed E-state index contributed by atoms with van der Waals surface area (Å²) in [5.74, 6) is 2.18. The van der Waals surface area contributed by atoms with Crippen molar-refractivity contribution < 1.29 is 14.6 Å². The van der Waals surface area contributed by atoms with Crippen LogP contribution < -0.4 is 9.47 Å². The molecular formula is C22H30ClNO3. The zero-order chi connectivity index (χ0) is 19.6. The average molecular weight is 392 g/mol. The Hall–Kier alpha value is -1.75. The Morgan fingerprint density at radius 3 is 2.44 bits per heavy atom. The lowest BCUT2D eigenvalue weighted by atomic mass is 10.1. The van der Waals surface area contributed by atoms with Gasteiger partial charge < -0.3 is 14.6 Å². The van der Waals surface area contributed by atoms with Gasteiger partial charge in [-0.05, 0) is 49.2 Å². The monoisotopic (exact) mass is 391 g/mol. The van der Waals surface area contributed by atoms with Crippen LogP contribution in [0.5, 0.6) is 11.5 Å². The van der Waals surface area contributed by atoms with E-state index >= 15 is 0 Å². The Morgan fingerprint density at radius 1 is 1.07 bits per heavy atom. The predicted molar refractivity (Wildman–Crippen MR) is 111 cm³/mol. The van der Waals surface area contributed by atoms with Gasteiger partial charge in [-0.25, -0.2) is 0 Å². The fourth-order valence-electron chi connectivity index (χ4n) is 2.82. The standard InChI is InChI=1S/C22H30ClNO3/c1-17(2)12-13-24(14-18-6-4-5-7-22(18)26-3)15-20(25)16-27-21-10-8-19(23)9-11-21/h4-11,17,20,25H,12-16H2,1-3H3/t20-/m0/s1. The van der Waals surface area contributed by atoms with E-state index in [1.807, 2.05) is 18.2 Å². The molecule has 2 aromatic rings. The fourth-order valence-corrected chi connectivity index (χ4v) is 2.95. The second kappa shape index (κ2) is 11.2. The van der Waals surface area contributed by atoms with Crippen LogP contribution in [0.4, 0.5) is 0 Å². The van der Waals surface area contributed by atoms with Crippen molar-refractivity contribution in [3.63, 3.8) is 0 Å². The molecule has 0 unspecified atom stereocenters. The highest BCUT2D eigenvalue weighted by Crippen LogP contribution is 2.20. The Kier molecular flexibility index (Phi) is 8.92. The molecule has 1 atom stereocenters. The summed E-state index contributed by atoms with van der Waals surface area (Å²) in [5, 5.41) is 11.1. The van der Waals surface area contributed by atoms with Crippen molar-refractivity contribution in [3.8, 4) is 11.5 Å². The van der Waals surface area contributed by atoms with Crippen LogP contribution in [-0.2, 0) is 6.54 Å². The zero-order valence-corrected chi connectivity index (χ0v) is 17.2. The molecular weight excluding hydrogens is 362 g/mol. The van der Waals surface area contributed by atoms with Gasteiger partial charge in [0.1, 0.15) is 24.2 Å². The number of aliphatic hydroxyl groups excluding tert-OH is 1. The Morgan fingerprint density at radius 2 is 1.78 bits per heavy atom. The number of hydrogen-bond acceptors (Lipinski definition) is 4. The minimum absolute atomic E-state index is 0.242. The van der Waals surface area contributed by atoms with Crippen molar-refractivity contribution in [1.82, 2.24) is 4.90 Å². The number of rotatable bonds is 11. The fraction of sp³-hybridized carbons (Fsp3) is 0.455. The van der Waals surface area contributed by atoms with Gasteiger partial charge in [-0.15, -0.1) is 0 Å². The Labute approximate surface area is 167 Å². The Balaban J connectivity index is 1.94. The summed E-state index contributed by atoms with van der Waals surface area (Å²) in [6, 6.07) is 15.2. The summed E-state index contributed by atoms with van der Waals surface area (Å²) in [6.07, 6.45) is 0.488. The van der Waals surface area contributed by atoms with Gasteiger partial charge in [-0.1, -0.05) is 43.6 Å². The molecule has 0 aliphatic rings. The SMILES string of the molecule is COc1ccccc1CN(CCC(C)C)C[C@H](O)COc1ccc(Cl)cc1. The second-order valence-electron chi connectivity index (χ2n) is 7.15. The summed E-state index contributed by atoms with van der Waals surface area (Å²) in [7, 11) is 1.69. The van der Waals surface area contributed by atoms with E-state index in [9.17, 15) is 5.11 Å². The molecule has 148 valence electrons. The molecule has 0 saturated heterocycles. The molecule has 1 N–H and O–H groups in total. The Bertz CT molecular complexity index is 676. The summed E-state index contributed by atoms with van der Waals surface area (Å²) in [5.41, 5.74) is 1.12. The first-order valence-corrected chi connectivity index (χ1v) is 9.76. The molecule has 0 aliphatic carbocycles. The van der Waals surface area contributed by atoms with E-state index in [0.29, 0.717) is 23.2 Å². The second-order valence-corrected chi connectivity index (χ2v) is 7.58. The van der Waals surface area contributed by atoms with Crippen LogP contribution in [0.25, 0.3) is 0 Å². The van der Waals surface area contributed by atoms with Crippen molar-refractivity contribution in [3.05, 3.63) is 59.1 Å². The van der Waals surface area contributed by atoms with E-state index in [1.165, 1.54) is 0 Å². The predicted octanol–water partition coefficient (Wildman–Crippen LogP) is 4.64. The van der Waals surface area contributed by atoms with Crippen LogP contribution in [0.15, 0.2) is 48.5 Å². The van der Waals surface area contributed by atoms with E-state index in [1.54, 1.807) is 31.4 Å². The maximum absolute atomic E-state index is 10.5. The molecule has 0 aliphatic heterocycles. The van der Waals surface area contributed by atoms with Gasteiger partial charge >= 0.3 is 0 Å². The highest BCUT2D eigenvalue weighted by Gasteiger charge is 2.15. The highest BCUT2D eigenvalue weighted by molar-refractivity contribution is 6.30. The molecule has 0 amide bonds. The summed E-state index contributed by atoms with van der Waals surface area (Å²) in [6.45, 7) is 6.84. The molecule has 5 heteroatoms. The van der Waals surface area contributed by atoms with E-state index in [2.05, 4.69) is 24.8 Å². The summed E-state index contributed by atoms with van der Waals surface area (Å²) < 4.78 is 11.2. The molecule has 2 aromatic carbocycles. The quantitative estimate of drug-likeness (QED) is 0.606. The third kappa shape index (κ3) is 7.79.